The normalized spacial score (nSPS) is 41.0. The number of carbonyl (C=O) groups excluding carboxylic acids is 2. The van der Waals surface area contributed by atoms with Crippen LogP contribution in [0.2, 0.25) is 0 Å². The Kier molecular flexibility index (Phi) is 19.5. The second-order valence-corrected chi connectivity index (χ2v) is 16.2. The van der Waals surface area contributed by atoms with Crippen LogP contribution in [-0.4, -0.2) is 207 Å². The van der Waals surface area contributed by atoms with Gasteiger partial charge in [0.25, 0.3) is 0 Å². The summed E-state index contributed by atoms with van der Waals surface area (Å²) in [5.41, 5.74) is 58.3. The lowest BCUT2D eigenvalue weighted by Crippen LogP contribution is -2.68. The van der Waals surface area contributed by atoms with Crippen molar-refractivity contribution >= 4 is 23.5 Å². The van der Waals surface area contributed by atoms with Crippen LogP contribution in [0.15, 0.2) is 9.98 Å². The smallest absolute Gasteiger partial charge is 0.187 e. The number of aliphatic hydroxyl groups excluding tert-OH is 7. The molecule has 62 heavy (non-hydrogen) atoms. The van der Waals surface area contributed by atoms with Gasteiger partial charge in [-0.25, -0.2) is 0 Å². The molecule has 358 valence electrons. The first kappa shape index (κ1) is 51.8. The maximum atomic E-state index is 13.0. The van der Waals surface area contributed by atoms with Crippen molar-refractivity contribution < 1.29 is 73.8 Å². The van der Waals surface area contributed by atoms with Crippen LogP contribution in [-0.2, 0) is 38.0 Å². The largest absolute Gasteiger partial charge is 0.394 e. The molecule has 0 unspecified atom stereocenters. The van der Waals surface area contributed by atoms with E-state index in [1.54, 1.807) is 0 Å². The monoisotopic (exact) mass is 896 g/mol. The van der Waals surface area contributed by atoms with Crippen molar-refractivity contribution in [1.29, 1.82) is 0 Å². The van der Waals surface area contributed by atoms with Crippen molar-refractivity contribution in [3.8, 4) is 0 Å². The molecule has 3 heterocycles. The highest BCUT2D eigenvalue weighted by atomic mass is 16.8. The van der Waals surface area contributed by atoms with Gasteiger partial charge in [-0.15, -0.1) is 0 Å². The molecule has 0 spiro atoms. The highest BCUT2D eigenvalue weighted by molar-refractivity contribution is 5.84. The average molecular weight is 897 g/mol. The number of ketones is 2. The fraction of sp³-hybridized carbons (Fsp3) is 0.886. The van der Waals surface area contributed by atoms with Gasteiger partial charge in [-0.2, -0.15) is 0 Å². The maximum Gasteiger partial charge on any atom is 0.187 e. The van der Waals surface area contributed by atoms with Gasteiger partial charge in [0.2, 0.25) is 0 Å². The van der Waals surface area contributed by atoms with Crippen molar-refractivity contribution in [2.45, 2.75) is 173 Å². The fourth-order valence-electron chi connectivity index (χ4n) is 7.75. The van der Waals surface area contributed by atoms with Gasteiger partial charge in [0, 0.05) is 38.0 Å². The van der Waals surface area contributed by atoms with E-state index < -0.39 is 159 Å². The quantitative estimate of drug-likeness (QED) is 0.0289. The highest BCUT2D eigenvalue weighted by Crippen LogP contribution is 2.35. The Hall–Kier alpha value is -2.88. The van der Waals surface area contributed by atoms with Gasteiger partial charge in [0.15, 0.2) is 42.4 Å². The van der Waals surface area contributed by atoms with E-state index in [1.165, 1.54) is 0 Å². The van der Waals surface area contributed by atoms with Crippen molar-refractivity contribution in [3.05, 3.63) is 0 Å². The molecule has 4 aliphatic rings. The van der Waals surface area contributed by atoms with Crippen molar-refractivity contribution in [2.24, 2.45) is 67.3 Å². The summed E-state index contributed by atoms with van der Waals surface area (Å²) in [5.74, 6) is -1.26. The zero-order valence-corrected chi connectivity index (χ0v) is 34.3. The van der Waals surface area contributed by atoms with Crippen LogP contribution >= 0.6 is 0 Å². The molecule has 27 N–H and O–H groups in total. The third-order valence-corrected chi connectivity index (χ3v) is 11.5. The van der Waals surface area contributed by atoms with Gasteiger partial charge in [0.1, 0.15) is 54.9 Å². The van der Waals surface area contributed by atoms with Gasteiger partial charge >= 0.3 is 0 Å². The lowest BCUT2D eigenvalue weighted by molar-refractivity contribution is -0.308. The molecule has 4 fully saturated rings. The summed E-state index contributed by atoms with van der Waals surface area (Å²) in [7, 11) is 0. The summed E-state index contributed by atoms with van der Waals surface area (Å²) in [6, 6.07) is -6.78. The lowest BCUT2D eigenvalue weighted by atomic mass is 9.84. The van der Waals surface area contributed by atoms with Crippen LogP contribution in [0.5, 0.6) is 0 Å². The van der Waals surface area contributed by atoms with Gasteiger partial charge < -0.3 is 122 Å². The Morgan fingerprint density at radius 1 is 0.565 bits per heavy atom. The molecule has 3 saturated heterocycles. The van der Waals surface area contributed by atoms with E-state index in [0.717, 1.165) is 0 Å². The van der Waals surface area contributed by atoms with Crippen LogP contribution in [0.4, 0.5) is 0 Å². The Morgan fingerprint density at radius 2 is 0.984 bits per heavy atom. The number of hydrogen-bond acceptors (Lipinski definition) is 23. The molecule has 21 atom stereocenters. The minimum Gasteiger partial charge on any atom is -0.394 e. The first-order valence-electron chi connectivity index (χ1n) is 20.5. The molecule has 0 aromatic rings. The van der Waals surface area contributed by atoms with Crippen LogP contribution in [0.1, 0.15) is 44.9 Å². The van der Waals surface area contributed by atoms with E-state index in [4.69, 9.17) is 85.8 Å². The molecule has 0 radical (unpaired) electrons. The second-order valence-electron chi connectivity index (χ2n) is 16.2. The Morgan fingerprint density at radius 3 is 1.42 bits per heavy atom. The van der Waals surface area contributed by atoms with E-state index in [9.17, 15) is 45.3 Å². The number of carbonyl (C=O) groups is 2. The molecular formula is C35H68N12O15. The minimum atomic E-state index is -1.77. The first-order valence-corrected chi connectivity index (χ1v) is 20.5. The van der Waals surface area contributed by atoms with E-state index in [1.807, 2.05) is 0 Å². The topological polar surface area (TPSA) is 516 Å². The summed E-state index contributed by atoms with van der Waals surface area (Å²) in [6.45, 7) is -0.298. The molecule has 3 aliphatic heterocycles. The molecular weight excluding hydrogens is 828 g/mol. The van der Waals surface area contributed by atoms with Crippen LogP contribution in [0.25, 0.3) is 0 Å². The number of nitrogens with two attached hydrogens (primary N) is 10. The van der Waals surface area contributed by atoms with Gasteiger partial charge in [-0.1, -0.05) is 0 Å². The van der Waals surface area contributed by atoms with Gasteiger partial charge in [-0.3, -0.25) is 19.6 Å². The van der Waals surface area contributed by atoms with Gasteiger partial charge in [-0.05, 0) is 32.1 Å². The summed E-state index contributed by atoms with van der Waals surface area (Å²) < 4.78 is 35.7. The molecule has 0 aromatic heterocycles. The molecule has 1 saturated carbocycles. The SMILES string of the molecule is NC(N)=NCCC[C@H](N)C(=O)C[C@@H]1O[C@H](O[C@H]2[C@@H](O)[C@H](O[C@@H]3[C@@H](O)[C@H](N)C[C@H](N)[C@H]3O[C@H]3O[C@H](CC(=O)[C@@H](N)CCCN=C(N)N)[C@@H](O)[C@H](O)[C@H]3N)O[C@@H]2CO)[C@H](N)[C@@H](O)[C@@H]1O. The molecule has 1 aliphatic carbocycles. The molecule has 0 bridgehead atoms. The minimum absolute atomic E-state index is 0.0217. The average Bonchev–Trinajstić information content (AvgIpc) is 3.52. The number of guanidine groups is 2. The van der Waals surface area contributed by atoms with E-state index in [2.05, 4.69) is 9.98 Å². The summed E-state index contributed by atoms with van der Waals surface area (Å²) in [6.07, 6.45) is -22.8. The Labute approximate surface area is 357 Å². The zero-order valence-electron chi connectivity index (χ0n) is 34.3. The first-order chi connectivity index (χ1) is 29.2. The van der Waals surface area contributed by atoms with Crippen LogP contribution in [0, 0.1) is 0 Å². The van der Waals surface area contributed by atoms with E-state index in [-0.39, 0.29) is 44.3 Å². The van der Waals surface area contributed by atoms with E-state index in [0.29, 0.717) is 12.8 Å². The number of aliphatic imine (C=N–C) groups is 2. The molecule has 27 nitrogen and oxygen atoms in total. The molecule has 0 aromatic carbocycles. The molecule has 27 heteroatoms. The summed E-state index contributed by atoms with van der Waals surface area (Å²) in [4.78, 5) is 33.6. The number of ether oxygens (including phenoxy) is 6. The lowest BCUT2D eigenvalue weighted by Gasteiger charge is -2.47. The van der Waals surface area contributed by atoms with Crippen LogP contribution < -0.4 is 57.3 Å². The second kappa shape index (κ2) is 23.3. The van der Waals surface area contributed by atoms with Crippen molar-refractivity contribution in [3.63, 3.8) is 0 Å². The van der Waals surface area contributed by atoms with E-state index >= 15 is 0 Å². The third kappa shape index (κ3) is 13.1. The van der Waals surface area contributed by atoms with Crippen molar-refractivity contribution in [2.75, 3.05) is 19.7 Å². The fourth-order valence-corrected chi connectivity index (χ4v) is 7.75. The van der Waals surface area contributed by atoms with Crippen molar-refractivity contribution in [1.82, 2.24) is 0 Å². The third-order valence-electron chi connectivity index (χ3n) is 11.5. The predicted octanol–water partition coefficient (Wildman–Crippen LogP) is -10.1. The predicted molar refractivity (Wildman–Crippen MR) is 215 cm³/mol. The Bertz CT molecular complexity index is 1500. The number of rotatable bonds is 21. The van der Waals surface area contributed by atoms with Crippen LogP contribution in [0.3, 0.4) is 0 Å². The number of nitrogens with zero attached hydrogens (tertiary/aromatic N) is 2. The highest BCUT2D eigenvalue weighted by Gasteiger charge is 2.54. The molecule has 0 amide bonds. The number of hydrogen-bond donors (Lipinski definition) is 17. The zero-order chi connectivity index (χ0) is 46.2. The number of Topliss-reactive ketones (excluding diaryl/α,β-unsaturated/α-hetero) is 2. The summed E-state index contributed by atoms with van der Waals surface area (Å²) in [5, 5.41) is 76.2. The molecule has 4 rings (SSSR count). The standard InChI is InChI=1S/C35H68N12O15/c36-11(3-1-5-46-34(42)43)15(49)8-17-23(52)25(54)20(40)31(57-17)60-28-14(39)7-13(38)22(51)30(28)62-33-27(56)29(19(10-48)59-33)61-32-21(41)26(55)24(53)18(58-32)9-16(50)12(37)4-2-6-47-35(44)45/h11-14,17-33,48,51-56H,1-10,36-41H2,(H4,42,43,46)(H4,44,45,47)/t11-,12-,13+,14-,17+,18-,19+,20+,21+,22-,23+,24+,25+,26+,27+,28+,29+,30+,31+,32+,33-/m0/s1. The maximum absolute atomic E-state index is 13.0. The van der Waals surface area contributed by atoms with Gasteiger partial charge in [0.05, 0.1) is 49.1 Å². The number of aliphatic hydroxyl groups is 7. The Balaban J connectivity index is 1.44. The summed E-state index contributed by atoms with van der Waals surface area (Å²) >= 11 is 0.